The van der Waals surface area contributed by atoms with Gasteiger partial charge in [0.15, 0.2) is 6.10 Å². The fraction of sp³-hybridized carbons (Fsp3) is 0.562. The van der Waals surface area contributed by atoms with Crippen molar-refractivity contribution < 1.29 is 19.4 Å². The molecule has 1 saturated heterocycles. The second-order valence-corrected chi connectivity index (χ2v) is 5.66. The molecule has 1 aromatic rings. The van der Waals surface area contributed by atoms with Crippen molar-refractivity contribution in [3.05, 3.63) is 29.8 Å². The van der Waals surface area contributed by atoms with Crippen LogP contribution in [0.15, 0.2) is 24.3 Å². The quantitative estimate of drug-likeness (QED) is 0.861. The molecule has 1 fully saturated rings. The van der Waals surface area contributed by atoms with Gasteiger partial charge in [0.1, 0.15) is 11.4 Å². The van der Waals surface area contributed by atoms with Crippen LogP contribution in [0.25, 0.3) is 0 Å². The first-order valence-corrected chi connectivity index (χ1v) is 7.26. The van der Waals surface area contributed by atoms with Crippen LogP contribution in [-0.4, -0.2) is 42.0 Å². The number of ether oxygens (including phenoxy) is 2. The van der Waals surface area contributed by atoms with Gasteiger partial charge in [-0.2, -0.15) is 0 Å². The van der Waals surface area contributed by atoms with Crippen molar-refractivity contribution in [1.82, 2.24) is 5.32 Å². The predicted octanol–water partition coefficient (Wildman–Crippen LogP) is 1.42. The Labute approximate surface area is 125 Å². The van der Waals surface area contributed by atoms with E-state index < -0.39 is 11.7 Å². The third-order valence-corrected chi connectivity index (χ3v) is 3.93. The van der Waals surface area contributed by atoms with Gasteiger partial charge >= 0.3 is 0 Å². The van der Waals surface area contributed by atoms with Crippen molar-refractivity contribution in [1.29, 1.82) is 0 Å². The van der Waals surface area contributed by atoms with Gasteiger partial charge in [-0.25, -0.2) is 0 Å². The molecule has 1 aliphatic heterocycles. The molecule has 0 spiro atoms. The normalized spacial score (nSPS) is 26.4. The fourth-order valence-corrected chi connectivity index (χ4v) is 2.26. The summed E-state index contributed by atoms with van der Waals surface area (Å²) in [6.45, 7) is 6.18. The van der Waals surface area contributed by atoms with E-state index in [0.717, 1.165) is 5.56 Å². The Hall–Kier alpha value is -1.59. The van der Waals surface area contributed by atoms with Gasteiger partial charge in [-0.15, -0.1) is 0 Å². The molecule has 1 heterocycles. The minimum Gasteiger partial charge on any atom is -0.481 e. The molecular formula is C16H23NO4. The Morgan fingerprint density at radius 2 is 2.19 bits per heavy atom. The number of nitrogens with one attached hydrogen (secondary N) is 1. The Bertz CT molecular complexity index is 488. The van der Waals surface area contributed by atoms with Crippen molar-refractivity contribution in [2.45, 2.75) is 45.0 Å². The number of carbonyl (C=O) groups excluding carboxylic acids is 1. The van der Waals surface area contributed by atoms with E-state index in [2.05, 4.69) is 5.32 Å². The lowest BCUT2D eigenvalue weighted by molar-refractivity contribution is -0.129. The van der Waals surface area contributed by atoms with Crippen molar-refractivity contribution in [2.24, 2.45) is 0 Å². The number of carbonyl (C=O) groups is 1. The molecule has 0 saturated carbocycles. The SMILES string of the molecule is Cc1ccc(OC(C)C(=O)NCC2(O)CCOC2C)cc1. The molecule has 2 N–H and O–H groups in total. The van der Waals surface area contributed by atoms with Crippen LogP contribution in [0.3, 0.4) is 0 Å². The Morgan fingerprint density at radius 1 is 1.52 bits per heavy atom. The minimum atomic E-state index is -0.987. The predicted molar refractivity (Wildman–Crippen MR) is 79.3 cm³/mol. The van der Waals surface area contributed by atoms with Crippen molar-refractivity contribution in [2.75, 3.05) is 13.2 Å². The molecule has 3 unspecified atom stereocenters. The van der Waals surface area contributed by atoms with E-state index in [0.29, 0.717) is 18.8 Å². The fourth-order valence-electron chi connectivity index (χ4n) is 2.26. The summed E-state index contributed by atoms with van der Waals surface area (Å²) in [5.41, 5.74) is 0.149. The van der Waals surface area contributed by atoms with Gasteiger partial charge in [0.05, 0.1) is 6.10 Å². The van der Waals surface area contributed by atoms with Crippen LogP contribution in [0.2, 0.25) is 0 Å². The van der Waals surface area contributed by atoms with E-state index in [-0.39, 0.29) is 18.6 Å². The lowest BCUT2D eigenvalue weighted by Crippen LogP contribution is -2.49. The van der Waals surface area contributed by atoms with Gasteiger partial charge in [0.25, 0.3) is 5.91 Å². The molecular weight excluding hydrogens is 270 g/mol. The first-order chi connectivity index (χ1) is 9.90. The highest BCUT2D eigenvalue weighted by molar-refractivity contribution is 5.80. The first kappa shape index (κ1) is 15.8. The number of benzene rings is 1. The van der Waals surface area contributed by atoms with Crippen LogP contribution in [-0.2, 0) is 9.53 Å². The van der Waals surface area contributed by atoms with E-state index in [4.69, 9.17) is 9.47 Å². The van der Waals surface area contributed by atoms with E-state index in [1.54, 1.807) is 6.92 Å². The monoisotopic (exact) mass is 293 g/mol. The number of rotatable bonds is 5. The summed E-state index contributed by atoms with van der Waals surface area (Å²) < 4.78 is 10.9. The maximum absolute atomic E-state index is 12.0. The molecule has 0 radical (unpaired) electrons. The molecule has 0 bridgehead atoms. The third kappa shape index (κ3) is 3.95. The topological polar surface area (TPSA) is 67.8 Å². The van der Waals surface area contributed by atoms with Gasteiger partial charge in [-0.3, -0.25) is 4.79 Å². The van der Waals surface area contributed by atoms with E-state index in [1.165, 1.54) is 0 Å². The lowest BCUT2D eigenvalue weighted by atomic mass is 9.97. The summed E-state index contributed by atoms with van der Waals surface area (Å²) in [7, 11) is 0. The van der Waals surface area contributed by atoms with Gasteiger partial charge in [0, 0.05) is 19.6 Å². The summed E-state index contributed by atoms with van der Waals surface area (Å²) in [6.07, 6.45) is -0.359. The van der Waals surface area contributed by atoms with E-state index in [1.807, 2.05) is 38.1 Å². The molecule has 0 aliphatic carbocycles. The van der Waals surface area contributed by atoms with E-state index in [9.17, 15) is 9.90 Å². The van der Waals surface area contributed by atoms with Crippen LogP contribution in [0.4, 0.5) is 0 Å². The molecule has 3 atom stereocenters. The Balaban J connectivity index is 1.84. The molecule has 116 valence electrons. The number of aliphatic hydroxyl groups is 1. The Kier molecular flexibility index (Phi) is 4.85. The molecule has 5 heteroatoms. The molecule has 0 aromatic heterocycles. The highest BCUT2D eigenvalue weighted by Gasteiger charge is 2.39. The van der Waals surface area contributed by atoms with Gasteiger partial charge in [0.2, 0.25) is 0 Å². The summed E-state index contributed by atoms with van der Waals surface area (Å²) in [4.78, 5) is 12.0. The number of hydrogen-bond donors (Lipinski definition) is 2. The second kappa shape index (κ2) is 6.45. The lowest BCUT2D eigenvalue weighted by Gasteiger charge is -2.26. The second-order valence-electron chi connectivity index (χ2n) is 5.66. The standard InChI is InChI=1S/C16H23NO4/c1-11-4-6-14(7-5-11)21-12(2)15(18)17-10-16(19)8-9-20-13(16)3/h4-7,12-13,19H,8-10H2,1-3H3,(H,17,18). The Morgan fingerprint density at radius 3 is 2.76 bits per heavy atom. The van der Waals surface area contributed by atoms with Crippen LogP contribution < -0.4 is 10.1 Å². The first-order valence-electron chi connectivity index (χ1n) is 7.26. The van der Waals surface area contributed by atoms with Crippen LogP contribution >= 0.6 is 0 Å². The summed E-state index contributed by atoms with van der Waals surface area (Å²) >= 11 is 0. The van der Waals surface area contributed by atoms with Gasteiger partial charge in [-0.1, -0.05) is 17.7 Å². The van der Waals surface area contributed by atoms with Gasteiger partial charge in [-0.05, 0) is 32.9 Å². The number of hydrogen-bond acceptors (Lipinski definition) is 4. The zero-order valence-corrected chi connectivity index (χ0v) is 12.8. The van der Waals surface area contributed by atoms with Crippen molar-refractivity contribution in [3.8, 4) is 5.75 Å². The molecule has 1 aromatic carbocycles. The van der Waals surface area contributed by atoms with E-state index >= 15 is 0 Å². The molecule has 1 amide bonds. The molecule has 5 nitrogen and oxygen atoms in total. The zero-order chi connectivity index (χ0) is 15.5. The highest BCUT2D eigenvalue weighted by atomic mass is 16.5. The number of aryl methyl sites for hydroxylation is 1. The molecule has 21 heavy (non-hydrogen) atoms. The smallest absolute Gasteiger partial charge is 0.260 e. The number of amides is 1. The third-order valence-electron chi connectivity index (χ3n) is 3.93. The molecule has 2 rings (SSSR count). The van der Waals surface area contributed by atoms with Crippen LogP contribution in [0, 0.1) is 6.92 Å². The minimum absolute atomic E-state index is 0.175. The summed E-state index contributed by atoms with van der Waals surface area (Å²) in [6, 6.07) is 7.53. The van der Waals surface area contributed by atoms with Crippen molar-refractivity contribution in [3.63, 3.8) is 0 Å². The maximum atomic E-state index is 12.0. The summed E-state index contributed by atoms with van der Waals surface area (Å²) in [5.74, 6) is 0.405. The van der Waals surface area contributed by atoms with Gasteiger partial charge < -0.3 is 19.9 Å². The zero-order valence-electron chi connectivity index (χ0n) is 12.8. The van der Waals surface area contributed by atoms with Crippen LogP contribution in [0.1, 0.15) is 25.8 Å². The largest absolute Gasteiger partial charge is 0.481 e. The summed E-state index contributed by atoms with van der Waals surface area (Å²) in [5, 5.41) is 13.1. The highest BCUT2D eigenvalue weighted by Crippen LogP contribution is 2.24. The average Bonchev–Trinajstić information content (AvgIpc) is 2.79. The maximum Gasteiger partial charge on any atom is 0.260 e. The van der Waals surface area contributed by atoms with Crippen LogP contribution in [0.5, 0.6) is 5.75 Å². The molecule has 1 aliphatic rings. The average molecular weight is 293 g/mol. The van der Waals surface area contributed by atoms with Crippen molar-refractivity contribution >= 4 is 5.91 Å².